The zero-order valence-electron chi connectivity index (χ0n) is 12.8. The molecule has 4 N–H and O–H groups in total. The summed E-state index contributed by atoms with van der Waals surface area (Å²) in [5.41, 5.74) is 0.926. The largest absolute Gasteiger partial charge is 0.508 e. The lowest BCUT2D eigenvalue weighted by Gasteiger charge is -2.31. The molecule has 0 radical (unpaired) electrons. The van der Waals surface area contributed by atoms with E-state index in [2.05, 4.69) is 0 Å². The van der Waals surface area contributed by atoms with Crippen molar-refractivity contribution in [1.82, 2.24) is 0 Å². The smallest absolute Gasteiger partial charge is 0.308 e. The Morgan fingerprint density at radius 2 is 1.92 bits per heavy atom. The number of rotatable bonds is 2. The van der Waals surface area contributed by atoms with Crippen molar-refractivity contribution in [3.05, 3.63) is 41.5 Å². The van der Waals surface area contributed by atoms with Gasteiger partial charge in [0.05, 0.1) is 6.10 Å². The van der Waals surface area contributed by atoms with Gasteiger partial charge in [0.1, 0.15) is 23.4 Å². The zero-order valence-corrected chi connectivity index (χ0v) is 12.8. The second kappa shape index (κ2) is 5.93. The molecule has 0 saturated heterocycles. The van der Waals surface area contributed by atoms with Crippen molar-refractivity contribution in [2.24, 2.45) is 0 Å². The summed E-state index contributed by atoms with van der Waals surface area (Å²) in [6.45, 7) is 1.23. The topological polar surface area (TPSA) is 116 Å². The Morgan fingerprint density at radius 3 is 2.58 bits per heavy atom. The maximum Gasteiger partial charge on any atom is 0.308 e. The summed E-state index contributed by atoms with van der Waals surface area (Å²) in [4.78, 5) is 11.2. The number of fused-ring (bicyclic) bond motifs is 1. The number of ether oxygens (including phenoxy) is 2. The second-order valence-electron chi connectivity index (χ2n) is 5.57. The van der Waals surface area contributed by atoms with Gasteiger partial charge in [-0.15, -0.1) is 0 Å². The first-order valence-corrected chi connectivity index (χ1v) is 7.26. The van der Waals surface area contributed by atoms with Crippen molar-refractivity contribution < 1.29 is 34.7 Å². The van der Waals surface area contributed by atoms with E-state index in [1.54, 1.807) is 0 Å². The molecule has 1 aliphatic heterocycles. The summed E-state index contributed by atoms with van der Waals surface area (Å²) < 4.78 is 10.8. The molecule has 126 valence electrons. The highest BCUT2D eigenvalue weighted by atomic mass is 16.5. The van der Waals surface area contributed by atoms with Gasteiger partial charge in [0.2, 0.25) is 0 Å². The first kappa shape index (κ1) is 15.9. The normalized spacial score (nSPS) is 19.2. The van der Waals surface area contributed by atoms with Gasteiger partial charge in [0.25, 0.3) is 0 Å². The van der Waals surface area contributed by atoms with Gasteiger partial charge >= 0.3 is 5.97 Å². The van der Waals surface area contributed by atoms with E-state index >= 15 is 0 Å². The van der Waals surface area contributed by atoms with Crippen molar-refractivity contribution >= 4 is 5.97 Å². The Labute approximate surface area is 137 Å². The summed E-state index contributed by atoms with van der Waals surface area (Å²) >= 11 is 0. The summed E-state index contributed by atoms with van der Waals surface area (Å²) in [6, 6.07) is 6.75. The third kappa shape index (κ3) is 2.93. The molecule has 2 aromatic rings. The fourth-order valence-corrected chi connectivity index (χ4v) is 2.70. The average Bonchev–Trinajstić information content (AvgIpc) is 2.50. The van der Waals surface area contributed by atoms with Gasteiger partial charge in [-0.3, -0.25) is 4.79 Å². The SMILES string of the molecule is CC(=O)Oc1cc(O)cc2c1C[C@H](O)[C@@H](c1ccc(O)c(O)c1)O2. The molecule has 3 rings (SSSR count). The van der Waals surface area contributed by atoms with Crippen molar-refractivity contribution in [2.75, 3.05) is 0 Å². The van der Waals surface area contributed by atoms with Crippen LogP contribution >= 0.6 is 0 Å². The van der Waals surface area contributed by atoms with Gasteiger partial charge in [-0.1, -0.05) is 6.07 Å². The van der Waals surface area contributed by atoms with Crippen LogP contribution in [0.2, 0.25) is 0 Å². The Kier molecular flexibility index (Phi) is 3.94. The number of esters is 1. The summed E-state index contributed by atoms with van der Waals surface area (Å²) in [6.07, 6.45) is -1.65. The number of phenols is 3. The minimum absolute atomic E-state index is 0.128. The van der Waals surface area contributed by atoms with E-state index in [1.165, 1.54) is 37.3 Å². The van der Waals surface area contributed by atoms with Crippen LogP contribution in [-0.4, -0.2) is 32.5 Å². The van der Waals surface area contributed by atoms with Gasteiger partial charge in [-0.25, -0.2) is 0 Å². The van der Waals surface area contributed by atoms with Gasteiger partial charge < -0.3 is 29.9 Å². The predicted molar refractivity (Wildman–Crippen MR) is 82.3 cm³/mol. The van der Waals surface area contributed by atoms with E-state index in [4.69, 9.17) is 9.47 Å². The van der Waals surface area contributed by atoms with E-state index in [0.29, 0.717) is 11.1 Å². The number of phenolic OH excluding ortho intramolecular Hbond substituents is 3. The van der Waals surface area contributed by atoms with Gasteiger partial charge in [0.15, 0.2) is 11.5 Å². The summed E-state index contributed by atoms with van der Waals surface area (Å²) in [7, 11) is 0. The molecular formula is C17H16O7. The lowest BCUT2D eigenvalue weighted by Crippen LogP contribution is -2.30. The highest BCUT2D eigenvalue weighted by Gasteiger charge is 2.33. The molecule has 7 heteroatoms. The van der Waals surface area contributed by atoms with E-state index < -0.39 is 18.2 Å². The molecule has 0 spiro atoms. The Bertz CT molecular complexity index is 800. The van der Waals surface area contributed by atoms with Crippen LogP contribution < -0.4 is 9.47 Å². The molecule has 0 amide bonds. The van der Waals surface area contributed by atoms with Crippen LogP contribution in [0.15, 0.2) is 30.3 Å². The minimum Gasteiger partial charge on any atom is -0.508 e. The van der Waals surface area contributed by atoms with Gasteiger partial charge in [-0.05, 0) is 17.7 Å². The molecule has 0 aliphatic carbocycles. The molecule has 1 aliphatic rings. The zero-order chi connectivity index (χ0) is 17.4. The van der Waals surface area contributed by atoms with E-state index in [1.807, 2.05) is 0 Å². The maximum atomic E-state index is 11.2. The first-order valence-electron chi connectivity index (χ1n) is 7.26. The monoisotopic (exact) mass is 332 g/mol. The lowest BCUT2D eigenvalue weighted by atomic mass is 9.94. The molecule has 7 nitrogen and oxygen atoms in total. The summed E-state index contributed by atoms with van der Waals surface area (Å²) in [5.74, 6) is -0.904. The molecule has 1 heterocycles. The lowest BCUT2D eigenvalue weighted by molar-refractivity contribution is -0.132. The van der Waals surface area contributed by atoms with Crippen LogP contribution in [0.4, 0.5) is 0 Å². The number of aromatic hydroxyl groups is 3. The van der Waals surface area contributed by atoms with Crippen LogP contribution in [-0.2, 0) is 11.2 Å². The van der Waals surface area contributed by atoms with E-state index in [-0.39, 0.29) is 35.2 Å². The van der Waals surface area contributed by atoms with Crippen molar-refractivity contribution in [2.45, 2.75) is 25.6 Å². The molecule has 0 unspecified atom stereocenters. The van der Waals surface area contributed by atoms with E-state index in [9.17, 15) is 25.2 Å². The molecule has 0 aromatic heterocycles. The third-order valence-corrected chi connectivity index (χ3v) is 3.75. The number of aliphatic hydroxyl groups excluding tert-OH is 1. The maximum absolute atomic E-state index is 11.2. The van der Waals surface area contributed by atoms with Crippen LogP contribution in [0, 0.1) is 0 Å². The minimum atomic E-state index is -0.972. The average molecular weight is 332 g/mol. The van der Waals surface area contributed by atoms with Crippen LogP contribution in [0.3, 0.4) is 0 Å². The first-order chi connectivity index (χ1) is 11.3. The molecule has 0 fully saturated rings. The Hall–Kier alpha value is -2.93. The van der Waals surface area contributed by atoms with Crippen molar-refractivity contribution in [1.29, 1.82) is 0 Å². The molecule has 0 saturated carbocycles. The second-order valence-corrected chi connectivity index (χ2v) is 5.57. The quantitative estimate of drug-likeness (QED) is 0.376. The van der Waals surface area contributed by atoms with Gasteiger partial charge in [0, 0.05) is 31.0 Å². The molecule has 24 heavy (non-hydrogen) atoms. The van der Waals surface area contributed by atoms with Gasteiger partial charge in [-0.2, -0.15) is 0 Å². The molecular weight excluding hydrogens is 316 g/mol. The standard InChI is InChI=1S/C17H16O7/c1-8(18)23-15-5-10(19)6-16-11(15)7-14(22)17(24-16)9-2-3-12(20)13(21)4-9/h2-6,14,17,19-22H,7H2,1H3/t14-,17+/m0/s1. The number of benzene rings is 2. The highest BCUT2D eigenvalue weighted by molar-refractivity contribution is 5.71. The molecule has 2 aromatic carbocycles. The number of hydrogen-bond acceptors (Lipinski definition) is 7. The molecule has 0 bridgehead atoms. The predicted octanol–water partition coefficient (Wildman–Crippen LogP) is 1.77. The third-order valence-electron chi connectivity index (χ3n) is 3.75. The number of carbonyl (C=O) groups excluding carboxylic acids is 1. The van der Waals surface area contributed by atoms with Crippen LogP contribution in [0.5, 0.6) is 28.7 Å². The number of hydrogen-bond donors (Lipinski definition) is 4. The van der Waals surface area contributed by atoms with Crippen molar-refractivity contribution in [3.63, 3.8) is 0 Å². The van der Waals surface area contributed by atoms with Crippen LogP contribution in [0.1, 0.15) is 24.2 Å². The summed E-state index contributed by atoms with van der Waals surface area (Å²) in [5, 5.41) is 39.2. The van der Waals surface area contributed by atoms with Crippen LogP contribution in [0.25, 0.3) is 0 Å². The fourth-order valence-electron chi connectivity index (χ4n) is 2.70. The fraction of sp³-hybridized carbons (Fsp3) is 0.235. The van der Waals surface area contributed by atoms with Crippen molar-refractivity contribution in [3.8, 4) is 28.7 Å². The molecule has 2 atom stereocenters. The Morgan fingerprint density at radius 1 is 1.17 bits per heavy atom. The Balaban J connectivity index is 1.99. The highest BCUT2D eigenvalue weighted by Crippen LogP contribution is 2.43. The number of carbonyl (C=O) groups is 1. The number of aliphatic hydroxyl groups is 1. The van der Waals surface area contributed by atoms with E-state index in [0.717, 1.165) is 0 Å².